The second kappa shape index (κ2) is 11.9. The number of hydrogen-bond donors (Lipinski definition) is 1. The molecule has 0 radical (unpaired) electrons. The van der Waals surface area contributed by atoms with Crippen LogP contribution in [0.2, 0.25) is 0 Å². The zero-order chi connectivity index (χ0) is 24.6. The molecular weight excluding hydrogens is 446 g/mol. The Labute approximate surface area is 206 Å². The highest BCUT2D eigenvalue weighted by atomic mass is 16.5. The average molecular weight is 480 g/mol. The number of para-hydroxylation sites is 1. The number of benzene rings is 2. The van der Waals surface area contributed by atoms with Gasteiger partial charge >= 0.3 is 0 Å². The van der Waals surface area contributed by atoms with Gasteiger partial charge in [-0.25, -0.2) is 4.98 Å². The van der Waals surface area contributed by atoms with Crippen molar-refractivity contribution in [2.24, 2.45) is 0 Å². The molecule has 186 valence electrons. The van der Waals surface area contributed by atoms with Crippen molar-refractivity contribution in [3.63, 3.8) is 0 Å². The minimum Gasteiger partial charge on any atom is -0.493 e. The summed E-state index contributed by atoms with van der Waals surface area (Å²) in [5.74, 6) is 1.59. The Kier molecular flexibility index (Phi) is 8.39. The number of ether oxygens (including phenoxy) is 3. The number of nitrogens with one attached hydrogen (secondary N) is 1. The highest BCUT2D eigenvalue weighted by Crippen LogP contribution is 2.34. The number of aromatic nitrogens is 1. The van der Waals surface area contributed by atoms with E-state index in [4.69, 9.17) is 18.6 Å². The maximum atomic E-state index is 12.6. The lowest BCUT2D eigenvalue weighted by Crippen LogP contribution is -2.32. The third kappa shape index (κ3) is 6.21. The monoisotopic (exact) mass is 479 g/mol. The number of oxazole rings is 1. The molecule has 1 amide bonds. The molecule has 1 aliphatic heterocycles. The standard InChI is InChI=1S/C27H33N3O5/c1-19(20-9-5-4-6-10-20)30(16-21-11-7-13-24(32-2)26(21)33-3)17-25-29-23(18-35-25)27(31)28-15-22-12-8-14-34-22/h4-7,9-11,13,18-19,22H,8,12,14-17H2,1-3H3,(H,28,31). The molecule has 0 aliphatic carbocycles. The van der Waals surface area contributed by atoms with E-state index in [0.717, 1.165) is 30.6 Å². The van der Waals surface area contributed by atoms with Crippen LogP contribution in [0.15, 0.2) is 59.2 Å². The first-order valence-electron chi connectivity index (χ1n) is 11.9. The molecule has 8 heteroatoms. The molecular formula is C27H33N3O5. The van der Waals surface area contributed by atoms with Crippen LogP contribution in [0.3, 0.4) is 0 Å². The summed E-state index contributed by atoms with van der Waals surface area (Å²) < 4.78 is 22.4. The van der Waals surface area contributed by atoms with Crippen LogP contribution in [0.1, 0.15) is 53.3 Å². The van der Waals surface area contributed by atoms with Gasteiger partial charge in [0.25, 0.3) is 5.91 Å². The minimum absolute atomic E-state index is 0.0517. The molecule has 1 N–H and O–H groups in total. The van der Waals surface area contributed by atoms with E-state index >= 15 is 0 Å². The molecule has 2 aromatic carbocycles. The van der Waals surface area contributed by atoms with Crippen LogP contribution in [0.5, 0.6) is 11.5 Å². The van der Waals surface area contributed by atoms with Crippen molar-refractivity contribution in [2.45, 2.75) is 45.0 Å². The topological polar surface area (TPSA) is 86.1 Å². The van der Waals surface area contributed by atoms with Gasteiger partial charge in [-0.3, -0.25) is 9.69 Å². The normalized spacial score (nSPS) is 16.3. The molecule has 4 rings (SSSR count). The van der Waals surface area contributed by atoms with Crippen molar-refractivity contribution < 1.29 is 23.4 Å². The van der Waals surface area contributed by atoms with Crippen LogP contribution >= 0.6 is 0 Å². The fourth-order valence-corrected chi connectivity index (χ4v) is 4.33. The summed E-state index contributed by atoms with van der Waals surface area (Å²) in [4.78, 5) is 19.3. The van der Waals surface area contributed by atoms with Gasteiger partial charge in [0.05, 0.1) is 26.9 Å². The minimum atomic E-state index is -0.257. The largest absolute Gasteiger partial charge is 0.493 e. The molecule has 1 saturated heterocycles. The van der Waals surface area contributed by atoms with Crippen molar-refractivity contribution in [1.29, 1.82) is 0 Å². The molecule has 1 fully saturated rings. The van der Waals surface area contributed by atoms with Gasteiger partial charge in [-0.05, 0) is 31.4 Å². The Morgan fingerprint density at radius 3 is 2.69 bits per heavy atom. The van der Waals surface area contributed by atoms with E-state index in [0.29, 0.717) is 37.0 Å². The van der Waals surface area contributed by atoms with E-state index < -0.39 is 0 Å². The SMILES string of the molecule is COc1cccc(CN(Cc2nc(C(=O)NCC3CCCO3)co2)C(C)c2ccccc2)c1OC. The summed E-state index contributed by atoms with van der Waals surface area (Å²) in [6.45, 7) is 4.35. The molecule has 0 spiro atoms. The van der Waals surface area contributed by atoms with Crippen molar-refractivity contribution in [1.82, 2.24) is 15.2 Å². The van der Waals surface area contributed by atoms with Crippen LogP contribution in [0.25, 0.3) is 0 Å². The van der Waals surface area contributed by atoms with Gasteiger partial charge in [-0.15, -0.1) is 0 Å². The highest BCUT2D eigenvalue weighted by molar-refractivity contribution is 5.91. The van der Waals surface area contributed by atoms with Crippen molar-refractivity contribution in [3.05, 3.63) is 77.5 Å². The first-order valence-corrected chi connectivity index (χ1v) is 11.9. The van der Waals surface area contributed by atoms with E-state index in [1.165, 1.54) is 6.26 Å². The Bertz CT molecular complexity index is 1100. The van der Waals surface area contributed by atoms with Gasteiger partial charge in [-0.1, -0.05) is 42.5 Å². The number of nitrogens with zero attached hydrogens (tertiary/aromatic N) is 2. The lowest BCUT2D eigenvalue weighted by molar-refractivity contribution is 0.0853. The third-order valence-electron chi connectivity index (χ3n) is 6.32. The summed E-state index contributed by atoms with van der Waals surface area (Å²) in [7, 11) is 3.27. The first-order chi connectivity index (χ1) is 17.1. The van der Waals surface area contributed by atoms with Crippen LogP contribution in [0.4, 0.5) is 0 Å². The zero-order valence-electron chi connectivity index (χ0n) is 20.5. The summed E-state index contributed by atoms with van der Waals surface area (Å²) in [6.07, 6.45) is 3.48. The van der Waals surface area contributed by atoms with E-state index in [1.807, 2.05) is 36.4 Å². The number of methoxy groups -OCH3 is 2. The number of carbonyl (C=O) groups is 1. The molecule has 8 nitrogen and oxygen atoms in total. The lowest BCUT2D eigenvalue weighted by atomic mass is 10.1. The van der Waals surface area contributed by atoms with Crippen LogP contribution in [-0.2, 0) is 17.8 Å². The van der Waals surface area contributed by atoms with Crippen LogP contribution in [0, 0.1) is 0 Å². The molecule has 2 atom stereocenters. The predicted molar refractivity (Wildman–Crippen MR) is 131 cm³/mol. The molecule has 35 heavy (non-hydrogen) atoms. The van der Waals surface area contributed by atoms with E-state index in [9.17, 15) is 4.79 Å². The third-order valence-corrected chi connectivity index (χ3v) is 6.32. The van der Waals surface area contributed by atoms with E-state index in [2.05, 4.69) is 34.3 Å². The fourth-order valence-electron chi connectivity index (χ4n) is 4.33. The van der Waals surface area contributed by atoms with Gasteiger partial charge in [0.1, 0.15) is 6.26 Å². The molecule has 2 heterocycles. The summed E-state index contributed by atoms with van der Waals surface area (Å²) in [5, 5.41) is 2.89. The zero-order valence-corrected chi connectivity index (χ0v) is 20.5. The number of hydrogen-bond acceptors (Lipinski definition) is 7. The second-order valence-corrected chi connectivity index (χ2v) is 8.62. The molecule has 1 aromatic heterocycles. The molecule has 0 bridgehead atoms. The van der Waals surface area contributed by atoms with Gasteiger partial charge < -0.3 is 23.9 Å². The molecule has 1 aliphatic rings. The van der Waals surface area contributed by atoms with Crippen LogP contribution in [-0.4, -0.2) is 49.3 Å². The summed E-state index contributed by atoms with van der Waals surface area (Å²) in [5.41, 5.74) is 2.41. The van der Waals surface area contributed by atoms with Gasteiger partial charge in [0.2, 0.25) is 5.89 Å². The van der Waals surface area contributed by atoms with Gasteiger partial charge in [0.15, 0.2) is 17.2 Å². The second-order valence-electron chi connectivity index (χ2n) is 8.62. The van der Waals surface area contributed by atoms with Gasteiger partial charge in [-0.2, -0.15) is 0 Å². The van der Waals surface area contributed by atoms with Gasteiger partial charge in [0, 0.05) is 31.3 Å². The Balaban J connectivity index is 1.52. The fraction of sp³-hybridized carbons (Fsp3) is 0.407. The quantitative estimate of drug-likeness (QED) is 0.437. The number of carbonyl (C=O) groups excluding carboxylic acids is 1. The maximum absolute atomic E-state index is 12.6. The van der Waals surface area contributed by atoms with Crippen molar-refractivity contribution in [2.75, 3.05) is 27.4 Å². The lowest BCUT2D eigenvalue weighted by Gasteiger charge is -2.29. The average Bonchev–Trinajstić information content (AvgIpc) is 3.59. The Morgan fingerprint density at radius 1 is 1.14 bits per heavy atom. The maximum Gasteiger partial charge on any atom is 0.273 e. The molecule has 3 aromatic rings. The Hall–Kier alpha value is -3.36. The summed E-state index contributed by atoms with van der Waals surface area (Å²) >= 11 is 0. The number of amides is 1. The molecule has 2 unspecified atom stereocenters. The predicted octanol–water partition coefficient (Wildman–Crippen LogP) is 4.36. The van der Waals surface area contributed by atoms with Crippen LogP contribution < -0.4 is 14.8 Å². The van der Waals surface area contributed by atoms with Crippen molar-refractivity contribution >= 4 is 5.91 Å². The number of rotatable bonds is 11. The molecule has 0 saturated carbocycles. The van der Waals surface area contributed by atoms with E-state index in [1.54, 1.807) is 14.2 Å². The summed E-state index contributed by atoms with van der Waals surface area (Å²) in [6, 6.07) is 16.1. The highest BCUT2D eigenvalue weighted by Gasteiger charge is 2.23. The van der Waals surface area contributed by atoms with E-state index in [-0.39, 0.29) is 23.7 Å². The Morgan fingerprint density at radius 2 is 1.97 bits per heavy atom. The van der Waals surface area contributed by atoms with Crippen molar-refractivity contribution in [3.8, 4) is 11.5 Å². The smallest absolute Gasteiger partial charge is 0.273 e. The first kappa shape index (κ1) is 24.8.